The molecule has 0 aromatic carbocycles. The lowest BCUT2D eigenvalue weighted by Gasteiger charge is -2.08. The molecule has 0 aliphatic heterocycles. The molecule has 0 spiro atoms. The fourth-order valence-electron chi connectivity index (χ4n) is 0.523. The van der Waals surface area contributed by atoms with E-state index in [0.717, 1.165) is 0 Å². The van der Waals surface area contributed by atoms with E-state index in [9.17, 15) is 0 Å². The van der Waals surface area contributed by atoms with Gasteiger partial charge in [0.1, 0.15) is 4.64 Å². The van der Waals surface area contributed by atoms with Crippen molar-refractivity contribution >= 4 is 63.0 Å². The third kappa shape index (κ3) is 2.57. The summed E-state index contributed by atoms with van der Waals surface area (Å²) in [5.74, 6) is 0.209. The molecule has 0 aliphatic carbocycles. The molecular formula is C5H2BrCl3N2S. The van der Waals surface area contributed by atoms with Gasteiger partial charge in [-0.25, -0.2) is 4.98 Å². The van der Waals surface area contributed by atoms with Crippen LogP contribution in [-0.4, -0.2) is 9.97 Å². The molecule has 0 saturated heterocycles. The second-order valence-electron chi connectivity index (χ2n) is 1.91. The normalized spacial score (nSPS) is 11.7. The molecule has 2 nitrogen and oxygen atoms in total. The maximum absolute atomic E-state index is 5.56. The van der Waals surface area contributed by atoms with Gasteiger partial charge in [-0.3, -0.25) is 0 Å². The Kier molecular flexibility index (Phi) is 3.40. The molecule has 0 atom stereocenters. The summed E-state index contributed by atoms with van der Waals surface area (Å²) >= 11 is 24.7. The summed E-state index contributed by atoms with van der Waals surface area (Å²) in [5, 5.41) is 0. The average Bonchev–Trinajstić information content (AvgIpc) is 1.92. The summed E-state index contributed by atoms with van der Waals surface area (Å²) in [6.45, 7) is 0. The Hall–Kier alpha value is 0.650. The predicted octanol–water partition coefficient (Wildman–Crippen LogP) is 3.73. The van der Waals surface area contributed by atoms with Crippen LogP contribution < -0.4 is 0 Å². The molecule has 0 bridgehead atoms. The second-order valence-corrected chi connectivity index (χ2v) is 5.45. The maximum atomic E-state index is 5.56. The highest BCUT2D eigenvalue weighted by Crippen LogP contribution is 2.35. The third-order valence-electron chi connectivity index (χ3n) is 1.02. The minimum atomic E-state index is -1.56. The highest BCUT2D eigenvalue weighted by molar-refractivity contribution is 9.10. The van der Waals surface area contributed by atoms with Gasteiger partial charge >= 0.3 is 0 Å². The number of hydrogen-bond donors (Lipinski definition) is 1. The summed E-state index contributed by atoms with van der Waals surface area (Å²) < 4.78 is -0.448. The van der Waals surface area contributed by atoms with Gasteiger partial charge in [0.2, 0.25) is 3.79 Å². The average molecular weight is 308 g/mol. The van der Waals surface area contributed by atoms with Gasteiger partial charge in [0.25, 0.3) is 0 Å². The number of H-pyrrole nitrogens is 1. The Bertz CT molecular complexity index is 345. The smallest absolute Gasteiger partial charge is 0.248 e. The van der Waals surface area contributed by atoms with Crippen LogP contribution in [0.2, 0.25) is 0 Å². The standard InChI is InChI=1S/C5H2BrCl3N2S/c6-2-1-10-4(5(7,8)9)11-3(2)12/h1H,(H,10,11,12). The molecule has 1 heterocycles. The Balaban J connectivity index is 3.23. The van der Waals surface area contributed by atoms with Crippen molar-refractivity contribution in [2.75, 3.05) is 0 Å². The van der Waals surface area contributed by atoms with Crippen LogP contribution in [0.3, 0.4) is 0 Å². The first-order chi connectivity index (χ1) is 5.41. The van der Waals surface area contributed by atoms with Crippen molar-refractivity contribution < 1.29 is 0 Å². The van der Waals surface area contributed by atoms with E-state index in [4.69, 9.17) is 47.0 Å². The topological polar surface area (TPSA) is 28.7 Å². The van der Waals surface area contributed by atoms with Crippen molar-refractivity contribution in [3.05, 3.63) is 21.1 Å². The molecular weight excluding hydrogens is 306 g/mol. The Morgan fingerprint density at radius 3 is 2.50 bits per heavy atom. The van der Waals surface area contributed by atoms with Gasteiger partial charge in [0.15, 0.2) is 5.82 Å². The van der Waals surface area contributed by atoms with E-state index in [2.05, 4.69) is 25.9 Å². The van der Waals surface area contributed by atoms with Crippen LogP contribution in [0.15, 0.2) is 10.7 Å². The minimum absolute atomic E-state index is 0.209. The maximum Gasteiger partial charge on any atom is 0.248 e. The first-order valence-corrected chi connectivity index (χ1v) is 5.07. The number of hydrogen-bond acceptors (Lipinski definition) is 2. The summed E-state index contributed by atoms with van der Waals surface area (Å²) in [5.41, 5.74) is 0. The molecule has 0 amide bonds. The number of rotatable bonds is 0. The van der Waals surface area contributed by atoms with Crippen LogP contribution in [0, 0.1) is 4.64 Å². The Morgan fingerprint density at radius 2 is 2.08 bits per heavy atom. The molecule has 1 N–H and O–H groups in total. The lowest BCUT2D eigenvalue weighted by atomic mass is 10.6. The third-order valence-corrected chi connectivity index (χ3v) is 2.75. The molecule has 0 fully saturated rings. The van der Waals surface area contributed by atoms with Crippen molar-refractivity contribution in [3.63, 3.8) is 0 Å². The van der Waals surface area contributed by atoms with Gasteiger partial charge in [-0.15, -0.1) is 0 Å². The molecule has 1 aromatic rings. The van der Waals surface area contributed by atoms with Crippen LogP contribution in [-0.2, 0) is 3.79 Å². The lowest BCUT2D eigenvalue weighted by molar-refractivity contribution is 0.953. The molecule has 0 unspecified atom stereocenters. The van der Waals surface area contributed by atoms with Gasteiger partial charge in [0, 0.05) is 6.20 Å². The molecule has 66 valence electrons. The largest absolute Gasteiger partial charge is 0.330 e. The van der Waals surface area contributed by atoms with Crippen LogP contribution in [0.5, 0.6) is 0 Å². The van der Waals surface area contributed by atoms with Crippen LogP contribution in [0.4, 0.5) is 0 Å². The zero-order valence-electron chi connectivity index (χ0n) is 5.44. The highest BCUT2D eigenvalue weighted by atomic mass is 79.9. The summed E-state index contributed by atoms with van der Waals surface area (Å²) in [6, 6.07) is 0. The first kappa shape index (κ1) is 10.7. The summed E-state index contributed by atoms with van der Waals surface area (Å²) in [4.78, 5) is 6.52. The highest BCUT2D eigenvalue weighted by Gasteiger charge is 2.25. The predicted molar refractivity (Wildman–Crippen MR) is 56.4 cm³/mol. The van der Waals surface area contributed by atoms with Crippen molar-refractivity contribution in [1.29, 1.82) is 0 Å². The number of alkyl halides is 3. The molecule has 7 heteroatoms. The van der Waals surface area contributed by atoms with E-state index in [1.165, 1.54) is 6.20 Å². The molecule has 0 saturated carbocycles. The fourth-order valence-corrected chi connectivity index (χ4v) is 1.16. The monoisotopic (exact) mass is 306 g/mol. The van der Waals surface area contributed by atoms with Crippen molar-refractivity contribution in [3.8, 4) is 0 Å². The Labute approximate surface area is 97.4 Å². The zero-order valence-corrected chi connectivity index (χ0v) is 10.1. The van der Waals surface area contributed by atoms with Crippen LogP contribution in [0.25, 0.3) is 0 Å². The van der Waals surface area contributed by atoms with Crippen molar-refractivity contribution in [2.45, 2.75) is 3.79 Å². The molecule has 0 aliphatic rings. The summed E-state index contributed by atoms with van der Waals surface area (Å²) in [7, 11) is 0. The molecule has 1 aromatic heterocycles. The van der Waals surface area contributed by atoms with Gasteiger partial charge in [0.05, 0.1) is 4.47 Å². The zero-order chi connectivity index (χ0) is 9.35. The van der Waals surface area contributed by atoms with Crippen LogP contribution >= 0.6 is 63.0 Å². The first-order valence-electron chi connectivity index (χ1n) is 2.73. The van der Waals surface area contributed by atoms with E-state index in [1.54, 1.807) is 0 Å². The van der Waals surface area contributed by atoms with Gasteiger partial charge in [-0.2, -0.15) is 0 Å². The number of nitrogens with one attached hydrogen (secondary N) is 1. The van der Waals surface area contributed by atoms with E-state index in [0.29, 0.717) is 9.11 Å². The molecule has 1 rings (SSSR count). The summed E-state index contributed by atoms with van der Waals surface area (Å²) in [6.07, 6.45) is 1.48. The second kappa shape index (κ2) is 3.80. The van der Waals surface area contributed by atoms with Crippen molar-refractivity contribution in [1.82, 2.24) is 9.97 Å². The van der Waals surface area contributed by atoms with E-state index in [-0.39, 0.29) is 5.82 Å². The van der Waals surface area contributed by atoms with E-state index >= 15 is 0 Å². The quantitative estimate of drug-likeness (QED) is 0.584. The van der Waals surface area contributed by atoms with Gasteiger partial charge < -0.3 is 4.98 Å². The molecule has 0 radical (unpaired) electrons. The Morgan fingerprint density at radius 1 is 1.50 bits per heavy atom. The van der Waals surface area contributed by atoms with E-state index < -0.39 is 3.79 Å². The lowest BCUT2D eigenvalue weighted by Crippen LogP contribution is -2.06. The minimum Gasteiger partial charge on any atom is -0.330 e. The fraction of sp³-hybridized carbons (Fsp3) is 0.200. The van der Waals surface area contributed by atoms with Crippen molar-refractivity contribution in [2.24, 2.45) is 0 Å². The van der Waals surface area contributed by atoms with Gasteiger partial charge in [-0.05, 0) is 15.9 Å². The number of aromatic nitrogens is 2. The van der Waals surface area contributed by atoms with Crippen LogP contribution in [0.1, 0.15) is 5.82 Å². The number of nitrogens with zero attached hydrogens (tertiary/aromatic N) is 1. The number of aromatic amines is 1. The SMILES string of the molecule is S=c1[nH]c(C(Cl)(Cl)Cl)ncc1Br. The number of halogens is 4. The van der Waals surface area contributed by atoms with E-state index in [1.807, 2.05) is 0 Å². The molecule has 12 heavy (non-hydrogen) atoms. The van der Waals surface area contributed by atoms with Gasteiger partial charge in [-0.1, -0.05) is 47.0 Å².